The highest BCUT2D eigenvalue weighted by Crippen LogP contribution is 2.45. The third kappa shape index (κ3) is 2.30. The predicted octanol–water partition coefficient (Wildman–Crippen LogP) is 3.26. The van der Waals surface area contributed by atoms with Gasteiger partial charge in [-0.3, -0.25) is 0 Å². The van der Waals surface area contributed by atoms with Crippen LogP contribution in [0.3, 0.4) is 0 Å². The second-order valence-electron chi connectivity index (χ2n) is 4.97. The van der Waals surface area contributed by atoms with Gasteiger partial charge in [0, 0.05) is 10.0 Å². The summed E-state index contributed by atoms with van der Waals surface area (Å²) in [6, 6.07) is 4.24. The Morgan fingerprint density at radius 1 is 1.47 bits per heavy atom. The molecule has 0 saturated heterocycles. The summed E-state index contributed by atoms with van der Waals surface area (Å²) >= 11 is 3.26. The highest BCUT2D eigenvalue weighted by Gasteiger charge is 2.45. The molecule has 0 radical (unpaired) electrons. The first-order valence-corrected chi connectivity index (χ1v) is 6.80. The van der Waals surface area contributed by atoms with Crippen molar-refractivity contribution in [2.75, 3.05) is 0 Å². The van der Waals surface area contributed by atoms with Gasteiger partial charge in [-0.2, -0.15) is 4.98 Å². The van der Waals surface area contributed by atoms with Crippen molar-refractivity contribution in [1.29, 1.82) is 0 Å². The fraction of sp³-hybridized carbons (Fsp3) is 0.385. The van der Waals surface area contributed by atoms with E-state index in [-0.39, 0.29) is 17.6 Å². The van der Waals surface area contributed by atoms with Crippen LogP contribution in [0.25, 0.3) is 11.4 Å². The van der Waals surface area contributed by atoms with Crippen molar-refractivity contribution in [2.45, 2.75) is 25.4 Å². The van der Waals surface area contributed by atoms with Crippen molar-refractivity contribution in [1.82, 2.24) is 10.1 Å². The van der Waals surface area contributed by atoms with E-state index >= 15 is 0 Å². The second-order valence-corrected chi connectivity index (χ2v) is 5.82. The van der Waals surface area contributed by atoms with Gasteiger partial charge >= 0.3 is 0 Å². The summed E-state index contributed by atoms with van der Waals surface area (Å²) in [6.45, 7) is 1.68. The third-order valence-electron chi connectivity index (χ3n) is 3.40. The van der Waals surface area contributed by atoms with E-state index < -0.39 is 5.60 Å². The number of rotatable bonds is 3. The van der Waals surface area contributed by atoms with Crippen LogP contribution in [-0.4, -0.2) is 15.2 Å². The molecule has 1 aliphatic rings. The average molecular weight is 327 g/mol. The zero-order valence-electron chi connectivity index (χ0n) is 10.2. The molecule has 1 atom stereocenters. The van der Waals surface area contributed by atoms with Gasteiger partial charge in [0.2, 0.25) is 5.82 Å². The lowest BCUT2D eigenvalue weighted by molar-refractivity contribution is 0.000916. The molecule has 1 fully saturated rings. The van der Waals surface area contributed by atoms with Gasteiger partial charge in [0.15, 0.2) is 0 Å². The molecule has 1 unspecified atom stereocenters. The molecule has 6 heteroatoms. The van der Waals surface area contributed by atoms with Crippen LogP contribution in [0.4, 0.5) is 4.39 Å². The Bertz CT molecular complexity index is 623. The maximum absolute atomic E-state index is 13.0. The van der Waals surface area contributed by atoms with Crippen LogP contribution in [-0.2, 0) is 5.60 Å². The van der Waals surface area contributed by atoms with Crippen molar-refractivity contribution in [3.05, 3.63) is 34.4 Å². The molecule has 4 nitrogen and oxygen atoms in total. The quantitative estimate of drug-likeness (QED) is 0.940. The molecule has 3 rings (SSSR count). The first-order chi connectivity index (χ1) is 8.98. The molecule has 0 spiro atoms. The van der Waals surface area contributed by atoms with Gasteiger partial charge in [0.1, 0.15) is 11.4 Å². The van der Waals surface area contributed by atoms with Gasteiger partial charge < -0.3 is 9.63 Å². The minimum Gasteiger partial charge on any atom is -0.380 e. The number of aromatic nitrogens is 2. The zero-order chi connectivity index (χ0) is 13.6. The van der Waals surface area contributed by atoms with E-state index in [0.29, 0.717) is 15.9 Å². The van der Waals surface area contributed by atoms with Crippen LogP contribution >= 0.6 is 15.9 Å². The molecule has 0 bridgehead atoms. The van der Waals surface area contributed by atoms with Crippen molar-refractivity contribution in [2.24, 2.45) is 5.92 Å². The fourth-order valence-corrected chi connectivity index (χ4v) is 2.56. The molecule has 1 saturated carbocycles. The van der Waals surface area contributed by atoms with Crippen molar-refractivity contribution in [3.63, 3.8) is 0 Å². The van der Waals surface area contributed by atoms with Crippen LogP contribution in [0.1, 0.15) is 25.7 Å². The molecule has 1 N–H and O–H groups in total. The summed E-state index contributed by atoms with van der Waals surface area (Å²) in [5.41, 5.74) is -0.458. The number of halogens is 2. The summed E-state index contributed by atoms with van der Waals surface area (Å²) in [6.07, 6.45) is 1.93. The number of aliphatic hydroxyl groups is 1. The second kappa shape index (κ2) is 4.38. The fourth-order valence-electron chi connectivity index (χ4n) is 2.03. The maximum atomic E-state index is 13.0. The molecule has 0 aliphatic heterocycles. The van der Waals surface area contributed by atoms with Crippen LogP contribution in [0.15, 0.2) is 27.2 Å². The van der Waals surface area contributed by atoms with E-state index in [2.05, 4.69) is 26.1 Å². The van der Waals surface area contributed by atoms with Gasteiger partial charge in [0.25, 0.3) is 5.89 Å². The van der Waals surface area contributed by atoms with Crippen molar-refractivity contribution < 1.29 is 14.0 Å². The normalized spacial score (nSPS) is 18.3. The SMILES string of the molecule is CC(O)(c1nc(-c2ccc(F)cc2Br)no1)C1CC1. The van der Waals surface area contributed by atoms with Crippen LogP contribution < -0.4 is 0 Å². The molecule has 19 heavy (non-hydrogen) atoms. The van der Waals surface area contributed by atoms with Gasteiger partial charge in [-0.05, 0) is 59.8 Å². The topological polar surface area (TPSA) is 59.2 Å². The largest absolute Gasteiger partial charge is 0.380 e. The van der Waals surface area contributed by atoms with Gasteiger partial charge in [-0.15, -0.1) is 0 Å². The molecule has 100 valence electrons. The Morgan fingerprint density at radius 2 is 2.21 bits per heavy atom. The summed E-state index contributed by atoms with van der Waals surface area (Å²) in [5, 5.41) is 14.2. The molecule has 1 aromatic carbocycles. The number of benzene rings is 1. The Labute approximate surface area is 117 Å². The number of hydrogen-bond donors (Lipinski definition) is 1. The van der Waals surface area contributed by atoms with E-state index in [0.717, 1.165) is 12.8 Å². The zero-order valence-corrected chi connectivity index (χ0v) is 11.8. The number of nitrogens with zero attached hydrogens (tertiary/aromatic N) is 2. The van der Waals surface area contributed by atoms with Crippen LogP contribution in [0, 0.1) is 11.7 Å². The smallest absolute Gasteiger partial charge is 0.258 e. The molecule has 0 amide bonds. The standard InChI is InChI=1S/C13H12BrFN2O2/c1-13(18,7-2-3-7)12-16-11(17-19-12)9-5-4-8(15)6-10(9)14/h4-7,18H,2-3H2,1H3. The molecular weight excluding hydrogens is 315 g/mol. The van der Waals surface area contributed by atoms with E-state index in [1.54, 1.807) is 13.0 Å². The molecule has 1 aliphatic carbocycles. The minimum absolute atomic E-state index is 0.178. The average Bonchev–Trinajstić information content (AvgIpc) is 3.09. The highest BCUT2D eigenvalue weighted by molar-refractivity contribution is 9.10. The van der Waals surface area contributed by atoms with E-state index in [1.807, 2.05) is 0 Å². The minimum atomic E-state index is -1.09. The molecule has 2 aromatic rings. The lowest BCUT2D eigenvalue weighted by Crippen LogP contribution is -2.24. The first-order valence-electron chi connectivity index (χ1n) is 6.00. The molecule has 1 aromatic heterocycles. The summed E-state index contributed by atoms with van der Waals surface area (Å²) in [5.74, 6) is 0.380. The van der Waals surface area contributed by atoms with Crippen molar-refractivity contribution >= 4 is 15.9 Å². The maximum Gasteiger partial charge on any atom is 0.258 e. The monoisotopic (exact) mass is 326 g/mol. The lowest BCUT2D eigenvalue weighted by Gasteiger charge is -2.16. The predicted molar refractivity (Wildman–Crippen MR) is 69.7 cm³/mol. The van der Waals surface area contributed by atoms with E-state index in [1.165, 1.54) is 12.1 Å². The summed E-state index contributed by atoms with van der Waals surface area (Å²) < 4.78 is 18.7. The van der Waals surface area contributed by atoms with Gasteiger partial charge in [-0.25, -0.2) is 4.39 Å². The number of hydrogen-bond acceptors (Lipinski definition) is 4. The lowest BCUT2D eigenvalue weighted by atomic mass is 10.0. The van der Waals surface area contributed by atoms with Gasteiger partial charge in [0.05, 0.1) is 0 Å². The Hall–Kier alpha value is -1.27. The summed E-state index contributed by atoms with van der Waals surface area (Å²) in [4.78, 5) is 4.22. The van der Waals surface area contributed by atoms with Gasteiger partial charge in [-0.1, -0.05) is 5.16 Å². The summed E-state index contributed by atoms with van der Waals surface area (Å²) in [7, 11) is 0. The molecular formula is C13H12BrFN2O2. The Kier molecular flexibility index (Phi) is 2.94. The Balaban J connectivity index is 1.96. The van der Waals surface area contributed by atoms with Crippen molar-refractivity contribution in [3.8, 4) is 11.4 Å². The van der Waals surface area contributed by atoms with Crippen LogP contribution in [0.2, 0.25) is 0 Å². The van der Waals surface area contributed by atoms with E-state index in [4.69, 9.17) is 4.52 Å². The van der Waals surface area contributed by atoms with E-state index in [9.17, 15) is 9.50 Å². The van der Waals surface area contributed by atoms with Crippen LogP contribution in [0.5, 0.6) is 0 Å². The third-order valence-corrected chi connectivity index (χ3v) is 4.06. The highest BCUT2D eigenvalue weighted by atomic mass is 79.9. The first kappa shape index (κ1) is 12.7. The molecule has 1 heterocycles. The Morgan fingerprint density at radius 3 is 2.84 bits per heavy atom.